The maximum absolute atomic E-state index is 12.4. The fourth-order valence-electron chi connectivity index (χ4n) is 2.27. The highest BCUT2D eigenvalue weighted by atomic mass is 16.5. The Bertz CT molecular complexity index is 852. The van der Waals surface area contributed by atoms with Gasteiger partial charge in [0.2, 0.25) is 5.88 Å². The summed E-state index contributed by atoms with van der Waals surface area (Å²) in [4.78, 5) is 20.4. The summed E-state index contributed by atoms with van der Waals surface area (Å²) in [5.41, 5.74) is 1.91. The van der Waals surface area contributed by atoms with Gasteiger partial charge in [0.15, 0.2) is 0 Å². The van der Waals surface area contributed by atoms with Crippen molar-refractivity contribution in [3.63, 3.8) is 0 Å². The summed E-state index contributed by atoms with van der Waals surface area (Å²) in [5, 5.41) is 2.79. The summed E-state index contributed by atoms with van der Waals surface area (Å²) < 4.78 is 11.0. The van der Waals surface area contributed by atoms with E-state index in [1.54, 1.807) is 24.3 Å². The van der Waals surface area contributed by atoms with Gasteiger partial charge in [-0.05, 0) is 36.8 Å². The lowest BCUT2D eigenvalue weighted by molar-refractivity contribution is 0.102. The Balaban J connectivity index is 1.62. The second-order valence-electron chi connectivity index (χ2n) is 5.43. The monoisotopic (exact) mass is 349 g/mol. The Kier molecular flexibility index (Phi) is 5.77. The number of amides is 1. The third-order valence-corrected chi connectivity index (χ3v) is 3.53. The minimum Gasteiger partial charge on any atom is -0.494 e. The fraction of sp³-hybridized carbons (Fsp3) is 0.150. The maximum atomic E-state index is 12.4. The Hall–Kier alpha value is -3.41. The van der Waals surface area contributed by atoms with E-state index in [4.69, 9.17) is 9.47 Å². The first-order chi connectivity index (χ1) is 12.7. The molecule has 0 saturated carbocycles. The summed E-state index contributed by atoms with van der Waals surface area (Å²) in [7, 11) is 0. The minimum atomic E-state index is -0.332. The molecule has 0 bridgehead atoms. The van der Waals surface area contributed by atoms with E-state index in [1.165, 1.54) is 12.4 Å². The lowest BCUT2D eigenvalue weighted by atomic mass is 10.2. The van der Waals surface area contributed by atoms with Crippen LogP contribution in [-0.2, 0) is 6.61 Å². The molecule has 1 heterocycles. The Morgan fingerprint density at radius 3 is 2.50 bits per heavy atom. The minimum absolute atomic E-state index is 0.233. The Labute approximate surface area is 151 Å². The molecule has 132 valence electrons. The second kappa shape index (κ2) is 8.62. The molecule has 0 aliphatic carbocycles. The molecule has 1 amide bonds. The van der Waals surface area contributed by atoms with Crippen molar-refractivity contribution in [3.05, 3.63) is 78.2 Å². The van der Waals surface area contributed by atoms with Crippen molar-refractivity contribution in [1.82, 2.24) is 9.97 Å². The van der Waals surface area contributed by atoms with E-state index in [2.05, 4.69) is 15.3 Å². The zero-order chi connectivity index (χ0) is 18.2. The predicted octanol–water partition coefficient (Wildman–Crippen LogP) is 3.71. The van der Waals surface area contributed by atoms with Gasteiger partial charge in [0.1, 0.15) is 24.4 Å². The van der Waals surface area contributed by atoms with Crippen LogP contribution in [0.2, 0.25) is 0 Å². The number of benzene rings is 2. The molecule has 3 rings (SSSR count). The van der Waals surface area contributed by atoms with E-state index in [9.17, 15) is 4.79 Å². The third-order valence-electron chi connectivity index (χ3n) is 3.53. The van der Waals surface area contributed by atoms with Gasteiger partial charge in [-0.15, -0.1) is 0 Å². The number of ether oxygens (including phenoxy) is 2. The molecule has 0 aliphatic heterocycles. The zero-order valence-corrected chi connectivity index (χ0v) is 14.4. The van der Waals surface area contributed by atoms with Crippen molar-refractivity contribution in [2.75, 3.05) is 11.9 Å². The van der Waals surface area contributed by atoms with Gasteiger partial charge >= 0.3 is 0 Å². The maximum Gasteiger partial charge on any atom is 0.274 e. The Morgan fingerprint density at radius 2 is 1.77 bits per heavy atom. The highest BCUT2D eigenvalue weighted by molar-refractivity contribution is 6.02. The molecule has 6 heteroatoms. The predicted molar refractivity (Wildman–Crippen MR) is 98.4 cm³/mol. The number of carbonyl (C=O) groups is 1. The molecule has 26 heavy (non-hydrogen) atoms. The quantitative estimate of drug-likeness (QED) is 0.704. The van der Waals surface area contributed by atoms with Gasteiger partial charge in [-0.25, -0.2) is 9.97 Å². The number of rotatable bonds is 7. The van der Waals surface area contributed by atoms with Crippen LogP contribution < -0.4 is 14.8 Å². The largest absolute Gasteiger partial charge is 0.494 e. The van der Waals surface area contributed by atoms with Crippen LogP contribution in [0.3, 0.4) is 0 Å². The highest BCUT2D eigenvalue weighted by Crippen LogP contribution is 2.17. The SMILES string of the molecule is CCOc1ccc(NC(=O)c2cc(OCc3ccccc3)ncn2)cc1. The molecule has 0 aliphatic rings. The Morgan fingerprint density at radius 1 is 1.00 bits per heavy atom. The number of nitrogens with zero attached hydrogens (tertiary/aromatic N) is 2. The number of carbonyl (C=O) groups excluding carboxylic acids is 1. The van der Waals surface area contributed by atoms with E-state index >= 15 is 0 Å². The van der Waals surface area contributed by atoms with Crippen molar-refractivity contribution >= 4 is 11.6 Å². The molecule has 2 aromatic carbocycles. The highest BCUT2D eigenvalue weighted by Gasteiger charge is 2.10. The first-order valence-corrected chi connectivity index (χ1v) is 8.27. The molecule has 0 atom stereocenters. The molecule has 0 spiro atoms. The lowest BCUT2D eigenvalue weighted by Gasteiger charge is -2.08. The van der Waals surface area contributed by atoms with Gasteiger partial charge in [0, 0.05) is 11.8 Å². The normalized spacial score (nSPS) is 10.2. The molecule has 3 aromatic rings. The van der Waals surface area contributed by atoms with Crippen LogP contribution in [0, 0.1) is 0 Å². The van der Waals surface area contributed by atoms with Gasteiger partial charge in [0.25, 0.3) is 5.91 Å². The van der Waals surface area contributed by atoms with E-state index in [-0.39, 0.29) is 11.6 Å². The molecule has 0 unspecified atom stereocenters. The average Bonchev–Trinajstić information content (AvgIpc) is 2.69. The first kappa shape index (κ1) is 17.4. The molecule has 6 nitrogen and oxygen atoms in total. The van der Waals surface area contributed by atoms with Gasteiger partial charge < -0.3 is 14.8 Å². The summed E-state index contributed by atoms with van der Waals surface area (Å²) >= 11 is 0. The average molecular weight is 349 g/mol. The van der Waals surface area contributed by atoms with Crippen molar-refractivity contribution in [3.8, 4) is 11.6 Å². The van der Waals surface area contributed by atoms with Gasteiger partial charge in [0.05, 0.1) is 6.61 Å². The van der Waals surface area contributed by atoms with Crippen LogP contribution in [0.5, 0.6) is 11.6 Å². The summed E-state index contributed by atoms with van der Waals surface area (Å²) in [5.74, 6) is 0.769. The van der Waals surface area contributed by atoms with Crippen molar-refractivity contribution in [2.24, 2.45) is 0 Å². The molecular weight excluding hydrogens is 330 g/mol. The van der Waals surface area contributed by atoms with Crippen LogP contribution in [0.4, 0.5) is 5.69 Å². The summed E-state index contributed by atoms with van der Waals surface area (Å²) in [6.45, 7) is 2.89. The van der Waals surface area contributed by atoms with Gasteiger partial charge in [-0.2, -0.15) is 0 Å². The van der Waals surface area contributed by atoms with Crippen molar-refractivity contribution in [1.29, 1.82) is 0 Å². The summed E-state index contributed by atoms with van der Waals surface area (Å²) in [6, 6.07) is 18.4. The fourth-order valence-corrected chi connectivity index (χ4v) is 2.27. The number of hydrogen-bond donors (Lipinski definition) is 1. The van der Waals surface area contributed by atoms with Crippen LogP contribution in [-0.4, -0.2) is 22.5 Å². The first-order valence-electron chi connectivity index (χ1n) is 8.27. The smallest absolute Gasteiger partial charge is 0.274 e. The van der Waals surface area contributed by atoms with E-state index in [0.717, 1.165) is 11.3 Å². The van der Waals surface area contributed by atoms with Crippen LogP contribution in [0.15, 0.2) is 67.0 Å². The molecule has 0 saturated heterocycles. The second-order valence-corrected chi connectivity index (χ2v) is 5.43. The number of anilines is 1. The topological polar surface area (TPSA) is 73.3 Å². The zero-order valence-electron chi connectivity index (χ0n) is 14.4. The molecule has 1 aromatic heterocycles. The third kappa shape index (κ3) is 4.80. The standard InChI is InChI=1S/C20H19N3O3/c1-2-25-17-10-8-16(9-11-17)23-20(24)18-12-19(22-14-21-18)26-13-15-6-4-3-5-7-15/h3-12,14H,2,13H2,1H3,(H,23,24). The van der Waals surface area contributed by atoms with Crippen LogP contribution in [0.25, 0.3) is 0 Å². The van der Waals surface area contributed by atoms with Gasteiger partial charge in [-0.1, -0.05) is 30.3 Å². The van der Waals surface area contributed by atoms with Crippen LogP contribution in [0.1, 0.15) is 23.0 Å². The number of nitrogens with one attached hydrogen (secondary N) is 1. The van der Waals surface area contributed by atoms with E-state index < -0.39 is 0 Å². The van der Waals surface area contributed by atoms with Gasteiger partial charge in [-0.3, -0.25) is 4.79 Å². The number of hydrogen-bond acceptors (Lipinski definition) is 5. The number of aromatic nitrogens is 2. The van der Waals surface area contributed by atoms with E-state index in [0.29, 0.717) is 24.8 Å². The van der Waals surface area contributed by atoms with E-state index in [1.807, 2.05) is 37.3 Å². The van der Waals surface area contributed by atoms with Crippen molar-refractivity contribution < 1.29 is 14.3 Å². The molecule has 0 fully saturated rings. The summed E-state index contributed by atoms with van der Waals surface area (Å²) in [6.07, 6.45) is 1.31. The molecule has 1 N–H and O–H groups in total. The molecular formula is C20H19N3O3. The van der Waals surface area contributed by atoms with Crippen LogP contribution >= 0.6 is 0 Å². The van der Waals surface area contributed by atoms with Crippen molar-refractivity contribution in [2.45, 2.75) is 13.5 Å². The molecule has 0 radical (unpaired) electrons. The lowest BCUT2D eigenvalue weighted by Crippen LogP contribution is -2.14.